The second-order valence-electron chi connectivity index (χ2n) is 3.33. The van der Waals surface area contributed by atoms with Gasteiger partial charge in [0.25, 0.3) is 11.7 Å². The minimum absolute atomic E-state index is 0.173. The quantitative estimate of drug-likeness (QED) is 0.878. The van der Waals surface area contributed by atoms with Crippen LogP contribution in [0.4, 0.5) is 13.2 Å². The minimum Gasteiger partial charge on any atom is -0.334 e. The summed E-state index contributed by atoms with van der Waals surface area (Å²) < 4.78 is 41.3. The van der Waals surface area contributed by atoms with Crippen molar-refractivity contribution in [2.45, 2.75) is 12.7 Å². The van der Waals surface area contributed by atoms with Crippen LogP contribution in [-0.4, -0.2) is 10.1 Å². The SMILES string of the molecule is NCc1cccc(-c2nc(C(F)(F)F)no2)c1. The fourth-order valence-corrected chi connectivity index (χ4v) is 1.29. The third-order valence-corrected chi connectivity index (χ3v) is 2.09. The molecule has 7 heteroatoms. The van der Waals surface area contributed by atoms with E-state index in [9.17, 15) is 13.2 Å². The molecule has 2 rings (SSSR count). The van der Waals surface area contributed by atoms with Gasteiger partial charge in [-0.05, 0) is 17.7 Å². The van der Waals surface area contributed by atoms with Gasteiger partial charge in [0.15, 0.2) is 0 Å². The van der Waals surface area contributed by atoms with E-state index >= 15 is 0 Å². The number of nitrogens with two attached hydrogens (primary N) is 1. The number of benzene rings is 1. The van der Waals surface area contributed by atoms with E-state index in [1.165, 1.54) is 0 Å². The fraction of sp³-hybridized carbons (Fsp3) is 0.200. The van der Waals surface area contributed by atoms with Gasteiger partial charge in [-0.25, -0.2) is 0 Å². The Kier molecular flexibility index (Phi) is 2.84. The van der Waals surface area contributed by atoms with Gasteiger partial charge in [0.1, 0.15) is 0 Å². The normalized spacial score (nSPS) is 11.8. The van der Waals surface area contributed by atoms with E-state index in [-0.39, 0.29) is 12.4 Å². The maximum absolute atomic E-state index is 12.3. The molecule has 0 aliphatic carbocycles. The standard InChI is InChI=1S/C10H8F3N3O/c11-10(12,13)9-15-8(17-16-9)7-3-1-2-6(4-7)5-14/h1-4H,5,14H2. The number of hydrogen-bond donors (Lipinski definition) is 1. The van der Waals surface area contributed by atoms with Gasteiger partial charge < -0.3 is 10.3 Å². The molecule has 0 spiro atoms. The Balaban J connectivity index is 2.37. The highest BCUT2D eigenvalue weighted by Crippen LogP contribution is 2.28. The van der Waals surface area contributed by atoms with Gasteiger partial charge >= 0.3 is 6.18 Å². The van der Waals surface area contributed by atoms with Crippen LogP contribution in [0.25, 0.3) is 11.5 Å². The van der Waals surface area contributed by atoms with Gasteiger partial charge in [0.2, 0.25) is 0 Å². The molecule has 1 aromatic heterocycles. The third-order valence-electron chi connectivity index (χ3n) is 2.09. The van der Waals surface area contributed by atoms with Gasteiger partial charge in [-0.15, -0.1) is 0 Å². The van der Waals surface area contributed by atoms with Crippen LogP contribution in [0.3, 0.4) is 0 Å². The molecular weight excluding hydrogens is 235 g/mol. The van der Waals surface area contributed by atoms with Crippen LogP contribution in [0.5, 0.6) is 0 Å². The van der Waals surface area contributed by atoms with Crippen LogP contribution in [0.1, 0.15) is 11.4 Å². The molecule has 2 aromatic rings. The zero-order valence-electron chi connectivity index (χ0n) is 8.53. The second kappa shape index (κ2) is 4.17. The Labute approximate surface area is 94.2 Å². The summed E-state index contributed by atoms with van der Waals surface area (Å²) in [6.07, 6.45) is -4.60. The molecule has 17 heavy (non-hydrogen) atoms. The van der Waals surface area contributed by atoms with E-state index in [1.54, 1.807) is 24.3 Å². The molecule has 0 aliphatic heterocycles. The number of nitrogens with zero attached hydrogens (tertiary/aromatic N) is 2. The number of halogens is 3. The predicted octanol–water partition coefficient (Wildman–Crippen LogP) is 2.21. The Morgan fingerprint density at radius 3 is 2.65 bits per heavy atom. The van der Waals surface area contributed by atoms with Crippen molar-refractivity contribution in [1.82, 2.24) is 10.1 Å². The van der Waals surface area contributed by atoms with E-state index in [0.717, 1.165) is 5.56 Å². The average Bonchev–Trinajstić information content (AvgIpc) is 2.78. The average molecular weight is 243 g/mol. The molecule has 0 bridgehead atoms. The van der Waals surface area contributed by atoms with E-state index in [0.29, 0.717) is 5.56 Å². The summed E-state index contributed by atoms with van der Waals surface area (Å²) in [4.78, 5) is 3.28. The van der Waals surface area contributed by atoms with Crippen LogP contribution >= 0.6 is 0 Å². The van der Waals surface area contributed by atoms with Crippen LogP contribution in [-0.2, 0) is 12.7 Å². The molecule has 0 aliphatic rings. The molecule has 0 unspecified atom stereocenters. The van der Waals surface area contributed by atoms with Gasteiger partial charge in [-0.3, -0.25) is 0 Å². The maximum Gasteiger partial charge on any atom is 0.455 e. The Morgan fingerprint density at radius 1 is 1.29 bits per heavy atom. The lowest BCUT2D eigenvalue weighted by Crippen LogP contribution is -2.07. The van der Waals surface area contributed by atoms with Crippen molar-refractivity contribution < 1.29 is 17.7 Å². The number of alkyl halides is 3. The topological polar surface area (TPSA) is 64.9 Å². The molecular formula is C10H8F3N3O. The van der Waals surface area contributed by atoms with Crippen molar-refractivity contribution in [2.24, 2.45) is 5.73 Å². The predicted molar refractivity (Wildman–Crippen MR) is 52.6 cm³/mol. The van der Waals surface area contributed by atoms with Gasteiger partial charge in [0, 0.05) is 12.1 Å². The molecule has 0 radical (unpaired) electrons. The fourth-order valence-electron chi connectivity index (χ4n) is 1.29. The minimum atomic E-state index is -4.60. The van der Waals surface area contributed by atoms with Crippen LogP contribution < -0.4 is 5.73 Å². The van der Waals surface area contributed by atoms with Crippen molar-refractivity contribution in [1.29, 1.82) is 0 Å². The van der Waals surface area contributed by atoms with Crippen LogP contribution in [0, 0.1) is 0 Å². The first kappa shape index (κ1) is 11.6. The first-order valence-electron chi connectivity index (χ1n) is 4.71. The molecule has 0 saturated carbocycles. The summed E-state index contributed by atoms with van der Waals surface area (Å²) in [6, 6.07) is 6.60. The summed E-state index contributed by atoms with van der Waals surface area (Å²) in [6.45, 7) is 0.286. The van der Waals surface area contributed by atoms with E-state index < -0.39 is 12.0 Å². The van der Waals surface area contributed by atoms with Crippen molar-refractivity contribution in [3.05, 3.63) is 35.7 Å². The molecule has 2 N–H and O–H groups in total. The highest BCUT2D eigenvalue weighted by molar-refractivity contribution is 5.54. The van der Waals surface area contributed by atoms with E-state index in [4.69, 9.17) is 5.73 Å². The monoisotopic (exact) mass is 243 g/mol. The lowest BCUT2D eigenvalue weighted by Gasteiger charge is -1.98. The molecule has 0 fully saturated rings. The Morgan fingerprint density at radius 2 is 2.06 bits per heavy atom. The van der Waals surface area contributed by atoms with Gasteiger partial charge in [0.05, 0.1) is 0 Å². The van der Waals surface area contributed by atoms with Gasteiger partial charge in [-0.1, -0.05) is 17.3 Å². The summed E-state index contributed by atoms with van der Waals surface area (Å²) >= 11 is 0. The van der Waals surface area contributed by atoms with E-state index in [2.05, 4.69) is 14.7 Å². The molecule has 1 heterocycles. The third kappa shape index (κ3) is 2.44. The molecule has 1 aromatic carbocycles. The zero-order valence-corrected chi connectivity index (χ0v) is 8.53. The highest BCUT2D eigenvalue weighted by atomic mass is 19.4. The summed E-state index contributed by atoms with van der Waals surface area (Å²) in [5, 5.41) is 2.88. The number of hydrogen-bond acceptors (Lipinski definition) is 4. The Hall–Kier alpha value is -1.89. The molecule has 0 saturated heterocycles. The summed E-state index contributed by atoms with van der Waals surface area (Å²) in [5.41, 5.74) is 6.61. The van der Waals surface area contributed by atoms with Gasteiger partial charge in [-0.2, -0.15) is 18.2 Å². The van der Waals surface area contributed by atoms with Crippen molar-refractivity contribution in [3.63, 3.8) is 0 Å². The van der Waals surface area contributed by atoms with Crippen molar-refractivity contribution in [3.8, 4) is 11.5 Å². The smallest absolute Gasteiger partial charge is 0.334 e. The lowest BCUT2D eigenvalue weighted by molar-refractivity contribution is -0.146. The second-order valence-corrected chi connectivity index (χ2v) is 3.33. The Bertz CT molecular complexity index is 522. The molecule has 90 valence electrons. The lowest BCUT2D eigenvalue weighted by atomic mass is 10.1. The zero-order chi connectivity index (χ0) is 12.5. The van der Waals surface area contributed by atoms with Crippen LogP contribution in [0.2, 0.25) is 0 Å². The van der Waals surface area contributed by atoms with Crippen LogP contribution in [0.15, 0.2) is 28.8 Å². The largest absolute Gasteiger partial charge is 0.455 e. The first-order chi connectivity index (χ1) is 8.00. The van der Waals surface area contributed by atoms with Crippen molar-refractivity contribution >= 4 is 0 Å². The summed E-state index contributed by atoms with van der Waals surface area (Å²) in [7, 11) is 0. The molecule has 0 atom stereocenters. The maximum atomic E-state index is 12.3. The molecule has 4 nitrogen and oxygen atoms in total. The highest BCUT2D eigenvalue weighted by Gasteiger charge is 2.37. The van der Waals surface area contributed by atoms with Crippen molar-refractivity contribution in [2.75, 3.05) is 0 Å². The van der Waals surface area contributed by atoms with E-state index in [1.807, 2.05) is 0 Å². The first-order valence-corrected chi connectivity index (χ1v) is 4.71. The summed E-state index contributed by atoms with van der Waals surface area (Å²) in [5.74, 6) is -1.46. The molecule has 0 amide bonds. The number of rotatable bonds is 2. The number of aromatic nitrogens is 2.